The van der Waals surface area contributed by atoms with Gasteiger partial charge in [0.25, 0.3) is 0 Å². The van der Waals surface area contributed by atoms with Crippen LogP contribution >= 0.6 is 11.8 Å². The fraction of sp³-hybridized carbons (Fsp3) is 0.667. The summed E-state index contributed by atoms with van der Waals surface area (Å²) in [7, 11) is 0. The Hall–Kier alpha value is -1.53. The maximum atomic E-state index is 15.2. The molecule has 33 heavy (non-hydrogen) atoms. The monoisotopic (exact) mass is 473 g/mol. The number of aromatic amines is 1. The molecular weight excluding hydrogens is 433 g/mol. The molecule has 2 aromatic rings. The first-order valence-corrected chi connectivity index (χ1v) is 13.9. The van der Waals surface area contributed by atoms with Crippen molar-refractivity contribution >= 4 is 23.3 Å². The van der Waals surface area contributed by atoms with Gasteiger partial charge < -0.3 is 10.1 Å². The predicted octanol–water partition coefficient (Wildman–Crippen LogP) is 7.83. The van der Waals surface area contributed by atoms with E-state index in [1.165, 1.54) is 19.3 Å². The van der Waals surface area contributed by atoms with Gasteiger partial charge in [-0.3, -0.25) is 5.10 Å². The predicted molar refractivity (Wildman–Crippen MR) is 136 cm³/mol. The molecule has 6 heteroatoms. The van der Waals surface area contributed by atoms with Crippen molar-refractivity contribution in [3.63, 3.8) is 0 Å². The Bertz CT molecular complexity index is 938. The van der Waals surface area contributed by atoms with E-state index in [2.05, 4.69) is 49.3 Å². The fourth-order valence-corrected chi connectivity index (χ4v) is 6.15. The molecule has 0 amide bonds. The molecule has 0 bridgehead atoms. The van der Waals surface area contributed by atoms with Gasteiger partial charge in [-0.2, -0.15) is 5.10 Å². The highest BCUT2D eigenvalue weighted by atomic mass is 32.2. The number of thioether (sulfide) groups is 1. The Balaban J connectivity index is 1.39. The highest BCUT2D eigenvalue weighted by Crippen LogP contribution is 2.45. The summed E-state index contributed by atoms with van der Waals surface area (Å²) < 4.78 is 21.7. The zero-order valence-electron chi connectivity index (χ0n) is 20.8. The second-order valence-corrected chi connectivity index (χ2v) is 11.8. The molecule has 0 spiro atoms. The number of nitrogens with one attached hydrogen (secondary N) is 2. The van der Waals surface area contributed by atoms with E-state index in [9.17, 15) is 0 Å². The first-order chi connectivity index (χ1) is 15.8. The van der Waals surface area contributed by atoms with Crippen LogP contribution < -0.4 is 5.32 Å². The van der Waals surface area contributed by atoms with Crippen molar-refractivity contribution in [1.29, 1.82) is 0 Å². The highest BCUT2D eigenvalue weighted by Gasteiger charge is 2.40. The maximum Gasteiger partial charge on any atom is 0.152 e. The maximum absolute atomic E-state index is 15.2. The lowest BCUT2D eigenvalue weighted by atomic mass is 9.87. The summed E-state index contributed by atoms with van der Waals surface area (Å²) in [4.78, 5) is 1.02. The number of anilines is 2. The molecule has 2 N–H and O–H groups in total. The van der Waals surface area contributed by atoms with E-state index >= 15 is 4.39 Å². The highest BCUT2D eigenvalue weighted by molar-refractivity contribution is 7.98. The third-order valence-corrected chi connectivity index (χ3v) is 8.34. The number of rotatable bonds is 8. The molecule has 2 fully saturated rings. The molecule has 0 radical (unpaired) electrons. The summed E-state index contributed by atoms with van der Waals surface area (Å²) in [6.07, 6.45) is 11.4. The van der Waals surface area contributed by atoms with Gasteiger partial charge in [0, 0.05) is 28.1 Å². The number of hydrogen-bond acceptors (Lipinski definition) is 4. The largest absolute Gasteiger partial charge is 0.374 e. The minimum Gasteiger partial charge on any atom is -0.374 e. The molecule has 2 aliphatic rings. The van der Waals surface area contributed by atoms with E-state index in [0.717, 1.165) is 48.3 Å². The van der Waals surface area contributed by atoms with Crippen molar-refractivity contribution in [1.82, 2.24) is 10.2 Å². The molecule has 2 heterocycles. The third-order valence-electron chi connectivity index (χ3n) is 7.52. The Kier molecular flexibility index (Phi) is 7.74. The molecule has 1 saturated carbocycles. The average Bonchev–Trinajstić information content (AvgIpc) is 3.53. The van der Waals surface area contributed by atoms with E-state index in [1.54, 1.807) is 11.8 Å². The molecule has 1 aliphatic heterocycles. The van der Waals surface area contributed by atoms with Gasteiger partial charge >= 0.3 is 0 Å². The summed E-state index contributed by atoms with van der Waals surface area (Å²) in [6.45, 7) is 8.97. The van der Waals surface area contributed by atoms with Crippen molar-refractivity contribution in [3.05, 3.63) is 35.3 Å². The van der Waals surface area contributed by atoms with Gasteiger partial charge in [0.15, 0.2) is 11.6 Å². The zero-order chi connectivity index (χ0) is 23.6. The van der Waals surface area contributed by atoms with Crippen molar-refractivity contribution in [2.24, 2.45) is 11.3 Å². The number of halogens is 1. The first kappa shape index (κ1) is 24.6. The van der Waals surface area contributed by atoms with Gasteiger partial charge in [-0.05, 0) is 74.7 Å². The van der Waals surface area contributed by atoms with Crippen LogP contribution in [0.15, 0.2) is 23.1 Å². The van der Waals surface area contributed by atoms with Gasteiger partial charge in [0.2, 0.25) is 0 Å². The number of aromatic nitrogens is 2. The minimum absolute atomic E-state index is 0.146. The van der Waals surface area contributed by atoms with Crippen LogP contribution in [0.2, 0.25) is 0 Å². The van der Waals surface area contributed by atoms with E-state index in [-0.39, 0.29) is 11.2 Å². The molecule has 1 aromatic carbocycles. The van der Waals surface area contributed by atoms with Crippen LogP contribution in [-0.2, 0) is 11.2 Å². The van der Waals surface area contributed by atoms with Crippen molar-refractivity contribution in [2.45, 2.75) is 102 Å². The minimum atomic E-state index is -0.146. The standard InChI is InChI=1S/C27H40FN3OS/c1-6-7-8-19-23(33-5)13-11-20(26(19)28)29-25-16-21(30-31-25)17-9-10-18(15-17)22-12-14-24(32-22)27(2,3)4/h11,13,16-18,22,24H,6-10,12,14-15H2,1-5H3,(H2,29,30,31). The SMILES string of the molecule is CCCCc1c(SC)ccc(Nc2cc(C3CCC(C4CCC(C(C)(C)C)O4)C3)[nH]n2)c1F. The average molecular weight is 474 g/mol. The van der Waals surface area contributed by atoms with Crippen LogP contribution in [0.1, 0.15) is 89.8 Å². The Morgan fingerprint density at radius 2 is 2.03 bits per heavy atom. The van der Waals surface area contributed by atoms with Gasteiger partial charge in [0.1, 0.15) is 0 Å². The number of hydrogen-bond donors (Lipinski definition) is 2. The van der Waals surface area contributed by atoms with Gasteiger partial charge in [-0.1, -0.05) is 34.1 Å². The normalized spacial score (nSPS) is 25.6. The van der Waals surface area contributed by atoms with Crippen molar-refractivity contribution < 1.29 is 9.13 Å². The van der Waals surface area contributed by atoms with Crippen LogP contribution in [0.25, 0.3) is 0 Å². The molecule has 1 aliphatic carbocycles. The van der Waals surface area contributed by atoms with E-state index in [1.807, 2.05) is 18.4 Å². The van der Waals surface area contributed by atoms with Crippen LogP contribution in [0, 0.1) is 17.2 Å². The second kappa shape index (κ2) is 10.4. The molecular formula is C27H40FN3OS. The number of unbranched alkanes of at least 4 members (excludes halogenated alkanes) is 1. The Labute approximate surface area is 202 Å². The Morgan fingerprint density at radius 3 is 2.73 bits per heavy atom. The molecule has 1 aromatic heterocycles. The van der Waals surface area contributed by atoms with Crippen LogP contribution in [0.3, 0.4) is 0 Å². The summed E-state index contributed by atoms with van der Waals surface area (Å²) >= 11 is 1.61. The lowest BCUT2D eigenvalue weighted by Crippen LogP contribution is -2.28. The molecule has 4 rings (SSSR count). The summed E-state index contributed by atoms with van der Waals surface area (Å²) in [5.41, 5.74) is 2.69. The smallest absolute Gasteiger partial charge is 0.152 e. The lowest BCUT2D eigenvalue weighted by Gasteiger charge is -2.28. The lowest BCUT2D eigenvalue weighted by molar-refractivity contribution is -0.0375. The number of ether oxygens (including phenoxy) is 1. The fourth-order valence-electron chi connectivity index (χ4n) is 5.51. The third kappa shape index (κ3) is 5.59. The van der Waals surface area contributed by atoms with E-state index in [0.29, 0.717) is 35.5 Å². The molecule has 4 unspecified atom stereocenters. The summed E-state index contributed by atoms with van der Waals surface area (Å²) in [5, 5.41) is 10.9. The quantitative estimate of drug-likeness (QED) is 0.384. The molecule has 4 nitrogen and oxygen atoms in total. The summed E-state index contributed by atoms with van der Waals surface area (Å²) in [5.74, 6) is 1.64. The second-order valence-electron chi connectivity index (χ2n) is 10.9. The summed E-state index contributed by atoms with van der Waals surface area (Å²) in [6, 6.07) is 5.91. The molecule has 4 atom stereocenters. The number of H-pyrrole nitrogens is 1. The van der Waals surface area contributed by atoms with Crippen molar-refractivity contribution in [3.8, 4) is 0 Å². The Morgan fingerprint density at radius 1 is 1.21 bits per heavy atom. The van der Waals surface area contributed by atoms with Crippen LogP contribution in [0.5, 0.6) is 0 Å². The number of benzene rings is 1. The molecule has 1 saturated heterocycles. The van der Waals surface area contributed by atoms with E-state index < -0.39 is 0 Å². The van der Waals surface area contributed by atoms with Crippen molar-refractivity contribution in [2.75, 3.05) is 11.6 Å². The van der Waals surface area contributed by atoms with E-state index in [4.69, 9.17) is 4.74 Å². The van der Waals surface area contributed by atoms with Crippen LogP contribution in [0.4, 0.5) is 15.9 Å². The van der Waals surface area contributed by atoms with Gasteiger partial charge in [0.05, 0.1) is 17.9 Å². The molecule has 182 valence electrons. The van der Waals surface area contributed by atoms with Gasteiger partial charge in [-0.15, -0.1) is 11.8 Å². The topological polar surface area (TPSA) is 49.9 Å². The zero-order valence-corrected chi connectivity index (χ0v) is 21.7. The number of nitrogens with zero attached hydrogens (tertiary/aromatic N) is 1. The van der Waals surface area contributed by atoms with Crippen LogP contribution in [-0.4, -0.2) is 28.7 Å². The first-order valence-electron chi connectivity index (χ1n) is 12.6. The van der Waals surface area contributed by atoms with Gasteiger partial charge in [-0.25, -0.2) is 4.39 Å².